The number of hydrogen-bond donors (Lipinski definition) is 2. The Hall–Kier alpha value is -1.42. The molecule has 4 heteroatoms. The van der Waals surface area contributed by atoms with Crippen LogP contribution in [0, 0.1) is 18.7 Å². The summed E-state index contributed by atoms with van der Waals surface area (Å²) in [5.41, 5.74) is 0.881. The Bertz CT molecular complexity index is 461. The highest BCUT2D eigenvalue weighted by molar-refractivity contribution is 5.94. The number of aliphatic hydroxyl groups excluding tert-OH is 1. The molecule has 1 fully saturated rings. The second kappa shape index (κ2) is 6.15. The molecule has 0 radical (unpaired) electrons. The highest BCUT2D eigenvalue weighted by Gasteiger charge is 2.21. The molecular formula is C15H20FNO2. The summed E-state index contributed by atoms with van der Waals surface area (Å²) in [5.74, 6) is -0.569. The van der Waals surface area contributed by atoms with Crippen LogP contribution >= 0.6 is 0 Å². The van der Waals surface area contributed by atoms with Gasteiger partial charge in [0.25, 0.3) is 5.91 Å². The molecule has 1 amide bonds. The van der Waals surface area contributed by atoms with E-state index in [4.69, 9.17) is 0 Å². The second-order valence-electron chi connectivity index (χ2n) is 5.38. The molecule has 1 aliphatic carbocycles. The third-order valence-corrected chi connectivity index (χ3v) is 3.68. The van der Waals surface area contributed by atoms with Crippen LogP contribution in [0.4, 0.5) is 4.39 Å². The Morgan fingerprint density at radius 2 is 2.26 bits per heavy atom. The van der Waals surface area contributed by atoms with Crippen LogP contribution in [0.25, 0.3) is 0 Å². The molecular weight excluding hydrogens is 245 g/mol. The summed E-state index contributed by atoms with van der Waals surface area (Å²) >= 11 is 0. The molecule has 1 saturated carbocycles. The van der Waals surface area contributed by atoms with Crippen LogP contribution in [0.15, 0.2) is 18.2 Å². The van der Waals surface area contributed by atoms with Crippen LogP contribution in [0.5, 0.6) is 0 Å². The van der Waals surface area contributed by atoms with Crippen molar-refractivity contribution in [3.05, 3.63) is 35.1 Å². The predicted octanol–water partition coefficient (Wildman–Crippen LogP) is 2.42. The average molecular weight is 265 g/mol. The first-order valence-electron chi connectivity index (χ1n) is 6.78. The highest BCUT2D eigenvalue weighted by atomic mass is 19.1. The normalized spacial score (nSPS) is 23.1. The van der Waals surface area contributed by atoms with E-state index >= 15 is 0 Å². The van der Waals surface area contributed by atoms with Gasteiger partial charge in [0.05, 0.1) is 11.7 Å². The zero-order valence-corrected chi connectivity index (χ0v) is 11.2. The lowest BCUT2D eigenvalue weighted by Crippen LogP contribution is -2.33. The number of benzene rings is 1. The van der Waals surface area contributed by atoms with Gasteiger partial charge >= 0.3 is 0 Å². The fourth-order valence-electron chi connectivity index (χ4n) is 2.58. The molecule has 3 nitrogen and oxygen atoms in total. The largest absolute Gasteiger partial charge is 0.393 e. The molecule has 2 unspecified atom stereocenters. The highest BCUT2D eigenvalue weighted by Crippen LogP contribution is 2.23. The molecule has 0 aliphatic heterocycles. The molecule has 2 rings (SSSR count). The number of carbonyl (C=O) groups is 1. The van der Waals surface area contributed by atoms with Gasteiger partial charge in [-0.3, -0.25) is 4.79 Å². The van der Waals surface area contributed by atoms with Crippen LogP contribution in [0.3, 0.4) is 0 Å². The number of amides is 1. The molecule has 0 bridgehead atoms. The maximum atomic E-state index is 13.6. The summed E-state index contributed by atoms with van der Waals surface area (Å²) in [4.78, 5) is 11.9. The first kappa shape index (κ1) is 14.0. The van der Waals surface area contributed by atoms with Gasteiger partial charge in [0.1, 0.15) is 5.82 Å². The van der Waals surface area contributed by atoms with Gasteiger partial charge in [-0.2, -0.15) is 0 Å². The van der Waals surface area contributed by atoms with Crippen molar-refractivity contribution in [2.75, 3.05) is 6.54 Å². The van der Waals surface area contributed by atoms with Crippen LogP contribution in [0.1, 0.15) is 41.6 Å². The molecule has 104 valence electrons. The number of hydrogen-bond acceptors (Lipinski definition) is 2. The van der Waals surface area contributed by atoms with Crippen molar-refractivity contribution in [2.24, 2.45) is 5.92 Å². The molecule has 0 saturated heterocycles. The van der Waals surface area contributed by atoms with Gasteiger partial charge < -0.3 is 10.4 Å². The van der Waals surface area contributed by atoms with E-state index in [-0.39, 0.29) is 17.6 Å². The maximum Gasteiger partial charge on any atom is 0.254 e. The first-order valence-corrected chi connectivity index (χ1v) is 6.78. The summed E-state index contributed by atoms with van der Waals surface area (Å²) < 4.78 is 13.6. The topological polar surface area (TPSA) is 49.3 Å². The van der Waals surface area contributed by atoms with E-state index in [0.717, 1.165) is 31.2 Å². The Morgan fingerprint density at radius 3 is 2.95 bits per heavy atom. The third kappa shape index (κ3) is 3.77. The molecule has 1 aliphatic rings. The summed E-state index contributed by atoms with van der Waals surface area (Å²) in [6, 6.07) is 4.59. The molecule has 2 atom stereocenters. The summed E-state index contributed by atoms with van der Waals surface area (Å²) in [6.45, 7) is 2.29. The zero-order valence-electron chi connectivity index (χ0n) is 11.2. The number of halogens is 1. The van der Waals surface area contributed by atoms with Gasteiger partial charge in [0, 0.05) is 6.54 Å². The van der Waals surface area contributed by atoms with Crippen molar-refractivity contribution in [2.45, 2.75) is 38.7 Å². The van der Waals surface area contributed by atoms with E-state index in [1.807, 2.05) is 0 Å². The quantitative estimate of drug-likeness (QED) is 0.881. The summed E-state index contributed by atoms with van der Waals surface area (Å²) in [7, 11) is 0. The van der Waals surface area contributed by atoms with E-state index in [0.29, 0.717) is 12.5 Å². The lowest BCUT2D eigenvalue weighted by molar-refractivity contribution is 0.0871. The van der Waals surface area contributed by atoms with Gasteiger partial charge in [-0.15, -0.1) is 0 Å². The monoisotopic (exact) mass is 265 g/mol. The third-order valence-electron chi connectivity index (χ3n) is 3.68. The molecule has 0 spiro atoms. The van der Waals surface area contributed by atoms with Crippen LogP contribution in [-0.4, -0.2) is 23.7 Å². The second-order valence-corrected chi connectivity index (χ2v) is 5.38. The van der Waals surface area contributed by atoms with Gasteiger partial charge in [-0.25, -0.2) is 4.39 Å². The number of nitrogens with one attached hydrogen (secondary N) is 1. The smallest absolute Gasteiger partial charge is 0.254 e. The fraction of sp³-hybridized carbons (Fsp3) is 0.533. The molecule has 0 aromatic heterocycles. The van der Waals surface area contributed by atoms with Crippen LogP contribution in [-0.2, 0) is 0 Å². The van der Waals surface area contributed by atoms with Crippen molar-refractivity contribution in [3.63, 3.8) is 0 Å². The van der Waals surface area contributed by atoms with E-state index in [9.17, 15) is 14.3 Å². The van der Waals surface area contributed by atoms with Crippen molar-refractivity contribution < 1.29 is 14.3 Å². The standard InChI is InChI=1S/C15H20FNO2/c1-10-5-6-13(14(16)7-10)15(19)17-9-11-3-2-4-12(18)8-11/h5-7,11-12,18H,2-4,8-9H2,1H3,(H,17,19). The van der Waals surface area contributed by atoms with Crippen molar-refractivity contribution in [1.29, 1.82) is 0 Å². The molecule has 1 aromatic rings. The van der Waals surface area contributed by atoms with Crippen LogP contribution < -0.4 is 5.32 Å². The lowest BCUT2D eigenvalue weighted by atomic mass is 9.87. The van der Waals surface area contributed by atoms with E-state index < -0.39 is 5.82 Å². The molecule has 19 heavy (non-hydrogen) atoms. The zero-order chi connectivity index (χ0) is 13.8. The van der Waals surface area contributed by atoms with Gasteiger partial charge in [0.15, 0.2) is 0 Å². The summed E-state index contributed by atoms with van der Waals surface area (Å²) in [5, 5.41) is 12.3. The van der Waals surface area contributed by atoms with E-state index in [1.165, 1.54) is 12.1 Å². The number of carbonyl (C=O) groups excluding carboxylic acids is 1. The molecule has 1 aromatic carbocycles. The van der Waals surface area contributed by atoms with Gasteiger partial charge in [-0.1, -0.05) is 12.5 Å². The minimum absolute atomic E-state index is 0.0851. The van der Waals surface area contributed by atoms with Crippen molar-refractivity contribution in [1.82, 2.24) is 5.32 Å². The Morgan fingerprint density at radius 1 is 1.47 bits per heavy atom. The Labute approximate surface area is 112 Å². The van der Waals surface area contributed by atoms with Crippen LogP contribution in [0.2, 0.25) is 0 Å². The molecule has 2 N–H and O–H groups in total. The molecule has 0 heterocycles. The predicted molar refractivity (Wildman–Crippen MR) is 71.4 cm³/mol. The van der Waals surface area contributed by atoms with Crippen molar-refractivity contribution in [3.8, 4) is 0 Å². The van der Waals surface area contributed by atoms with Crippen molar-refractivity contribution >= 4 is 5.91 Å². The number of rotatable bonds is 3. The lowest BCUT2D eigenvalue weighted by Gasteiger charge is -2.25. The van der Waals surface area contributed by atoms with E-state index in [1.54, 1.807) is 13.0 Å². The Kier molecular flexibility index (Phi) is 4.53. The fourth-order valence-corrected chi connectivity index (χ4v) is 2.58. The summed E-state index contributed by atoms with van der Waals surface area (Å²) in [6.07, 6.45) is 3.30. The number of aliphatic hydroxyl groups is 1. The van der Waals surface area contributed by atoms with Gasteiger partial charge in [-0.05, 0) is 49.8 Å². The Balaban J connectivity index is 1.90. The first-order chi connectivity index (χ1) is 9.06. The SMILES string of the molecule is Cc1ccc(C(=O)NCC2CCCC(O)C2)c(F)c1. The van der Waals surface area contributed by atoms with E-state index in [2.05, 4.69) is 5.32 Å². The number of aryl methyl sites for hydroxylation is 1. The average Bonchev–Trinajstić information content (AvgIpc) is 2.36. The minimum Gasteiger partial charge on any atom is -0.393 e. The van der Waals surface area contributed by atoms with Gasteiger partial charge in [0.2, 0.25) is 0 Å². The minimum atomic E-state index is -0.485. The maximum absolute atomic E-state index is 13.6.